The average molecular weight is 469 g/mol. The fourth-order valence-corrected chi connectivity index (χ4v) is 3.30. The lowest BCUT2D eigenvalue weighted by atomic mass is 10.1. The van der Waals surface area contributed by atoms with E-state index < -0.39 is 24.4 Å². The second-order valence-corrected chi connectivity index (χ2v) is 8.05. The molecule has 0 radical (unpaired) electrons. The maximum Gasteiger partial charge on any atom is 0.261 e. The number of carbonyl (C=O) groups excluding carboxylic acids is 2. The van der Waals surface area contributed by atoms with Crippen LogP contribution in [0.25, 0.3) is 0 Å². The summed E-state index contributed by atoms with van der Waals surface area (Å²) in [6.45, 7) is 5.41. The van der Waals surface area contributed by atoms with Crippen molar-refractivity contribution in [2.45, 2.75) is 52.2 Å². The number of amides is 2. The van der Waals surface area contributed by atoms with Gasteiger partial charge in [-0.3, -0.25) is 9.59 Å². The maximum absolute atomic E-state index is 13.9. The summed E-state index contributed by atoms with van der Waals surface area (Å²) >= 11 is 12.1. The molecular weight excluding hydrogens is 442 g/mol. The van der Waals surface area contributed by atoms with Gasteiger partial charge in [0.05, 0.1) is 10.0 Å². The Kier molecular flexibility index (Phi) is 9.59. The highest BCUT2D eigenvalue weighted by atomic mass is 35.5. The van der Waals surface area contributed by atoms with Gasteiger partial charge in [0.15, 0.2) is 18.2 Å². The van der Waals surface area contributed by atoms with Crippen LogP contribution in [0.15, 0.2) is 42.5 Å². The molecule has 2 aromatic carbocycles. The third kappa shape index (κ3) is 7.11. The van der Waals surface area contributed by atoms with Crippen molar-refractivity contribution in [2.24, 2.45) is 0 Å². The Bertz CT molecular complexity index is 910. The Labute approximate surface area is 192 Å². The Morgan fingerprint density at radius 3 is 2.42 bits per heavy atom. The molecule has 31 heavy (non-hydrogen) atoms. The van der Waals surface area contributed by atoms with Crippen LogP contribution in [0.1, 0.15) is 39.2 Å². The molecule has 0 fully saturated rings. The van der Waals surface area contributed by atoms with Gasteiger partial charge < -0.3 is 15.0 Å². The second kappa shape index (κ2) is 11.9. The zero-order valence-corrected chi connectivity index (χ0v) is 19.3. The van der Waals surface area contributed by atoms with Gasteiger partial charge in [0, 0.05) is 12.6 Å². The smallest absolute Gasteiger partial charge is 0.261 e. The molecule has 168 valence electrons. The van der Waals surface area contributed by atoms with E-state index in [1.807, 2.05) is 20.8 Å². The van der Waals surface area contributed by atoms with Crippen molar-refractivity contribution >= 4 is 35.0 Å². The van der Waals surface area contributed by atoms with Crippen molar-refractivity contribution < 1.29 is 18.7 Å². The SMILES string of the molecule is CC[C@H](C)NC(=O)[C@H](CC)N(Cc1ccc(Cl)c(Cl)c1)C(=O)COc1ccccc1F. The number of carbonyl (C=O) groups is 2. The predicted octanol–water partition coefficient (Wildman–Crippen LogP) is 5.23. The molecule has 2 amide bonds. The highest BCUT2D eigenvalue weighted by Gasteiger charge is 2.29. The van der Waals surface area contributed by atoms with Crippen LogP contribution in [0.2, 0.25) is 10.0 Å². The zero-order chi connectivity index (χ0) is 23.0. The van der Waals surface area contributed by atoms with Crippen LogP contribution >= 0.6 is 23.2 Å². The van der Waals surface area contributed by atoms with Crippen molar-refractivity contribution in [1.29, 1.82) is 0 Å². The molecule has 2 rings (SSSR count). The van der Waals surface area contributed by atoms with Crippen LogP contribution in [-0.4, -0.2) is 35.4 Å². The van der Waals surface area contributed by atoms with E-state index >= 15 is 0 Å². The number of hydrogen-bond acceptors (Lipinski definition) is 3. The molecule has 2 aromatic rings. The number of rotatable bonds is 10. The fraction of sp³-hybridized carbons (Fsp3) is 0.391. The standard InChI is InChI=1S/C23H27Cl2FN2O3/c1-4-15(3)27-23(30)20(5-2)28(13-16-10-11-17(24)18(25)12-16)22(29)14-31-21-9-7-6-8-19(21)26/h6-12,15,20H,4-5,13-14H2,1-3H3,(H,27,30)/t15-,20-/m0/s1. The van der Waals surface area contributed by atoms with E-state index in [0.717, 1.165) is 6.42 Å². The van der Waals surface area contributed by atoms with Crippen LogP contribution in [0.5, 0.6) is 5.75 Å². The van der Waals surface area contributed by atoms with Crippen LogP contribution in [-0.2, 0) is 16.1 Å². The van der Waals surface area contributed by atoms with Crippen molar-refractivity contribution in [3.8, 4) is 5.75 Å². The molecule has 0 spiro atoms. The first kappa shape index (κ1) is 25.0. The first-order valence-electron chi connectivity index (χ1n) is 10.2. The fourth-order valence-electron chi connectivity index (χ4n) is 2.98. The van der Waals surface area contributed by atoms with Gasteiger partial charge in [0.25, 0.3) is 5.91 Å². The third-order valence-electron chi connectivity index (χ3n) is 4.91. The van der Waals surface area contributed by atoms with Crippen LogP contribution < -0.4 is 10.1 Å². The lowest BCUT2D eigenvalue weighted by molar-refractivity contribution is -0.143. The van der Waals surface area contributed by atoms with Crippen molar-refractivity contribution in [2.75, 3.05) is 6.61 Å². The Hall–Kier alpha value is -2.31. The summed E-state index contributed by atoms with van der Waals surface area (Å²) in [5.41, 5.74) is 0.712. The van der Waals surface area contributed by atoms with Crippen LogP contribution in [0.4, 0.5) is 4.39 Å². The molecule has 2 atom stereocenters. The van der Waals surface area contributed by atoms with Gasteiger partial charge in [-0.15, -0.1) is 0 Å². The van der Waals surface area contributed by atoms with E-state index in [0.29, 0.717) is 22.0 Å². The molecular formula is C23H27Cl2FN2O3. The lowest BCUT2D eigenvalue weighted by Crippen LogP contribution is -2.51. The summed E-state index contributed by atoms with van der Waals surface area (Å²) < 4.78 is 19.3. The largest absolute Gasteiger partial charge is 0.481 e. The molecule has 0 bridgehead atoms. The Morgan fingerprint density at radius 1 is 1.10 bits per heavy atom. The highest BCUT2D eigenvalue weighted by Crippen LogP contribution is 2.24. The normalized spacial score (nSPS) is 12.7. The van der Waals surface area contributed by atoms with Crippen LogP contribution in [0.3, 0.4) is 0 Å². The Balaban J connectivity index is 2.26. The molecule has 0 unspecified atom stereocenters. The number of benzene rings is 2. The van der Waals surface area contributed by atoms with Gasteiger partial charge >= 0.3 is 0 Å². The molecule has 5 nitrogen and oxygen atoms in total. The second-order valence-electron chi connectivity index (χ2n) is 7.23. The highest BCUT2D eigenvalue weighted by molar-refractivity contribution is 6.42. The topological polar surface area (TPSA) is 58.6 Å². The molecule has 0 aromatic heterocycles. The minimum absolute atomic E-state index is 0.0255. The molecule has 0 aliphatic heterocycles. The first-order valence-corrected chi connectivity index (χ1v) is 10.9. The summed E-state index contributed by atoms with van der Waals surface area (Å²) in [5, 5.41) is 3.67. The van der Waals surface area contributed by atoms with Crippen LogP contribution in [0, 0.1) is 5.82 Å². The first-order chi connectivity index (χ1) is 14.8. The number of ether oxygens (including phenoxy) is 1. The zero-order valence-electron chi connectivity index (χ0n) is 17.8. The van der Waals surface area contributed by atoms with Gasteiger partial charge in [-0.05, 0) is 49.6 Å². The molecule has 0 saturated carbocycles. The molecule has 0 aliphatic carbocycles. The minimum Gasteiger partial charge on any atom is -0.481 e. The lowest BCUT2D eigenvalue weighted by Gasteiger charge is -2.31. The maximum atomic E-state index is 13.9. The van der Waals surface area contributed by atoms with E-state index in [-0.39, 0.29) is 24.2 Å². The van der Waals surface area contributed by atoms with E-state index in [4.69, 9.17) is 27.9 Å². The molecule has 0 heterocycles. The van der Waals surface area contributed by atoms with Crippen molar-refractivity contribution in [1.82, 2.24) is 10.2 Å². The van der Waals surface area contributed by atoms with E-state index in [2.05, 4.69) is 5.32 Å². The number of hydrogen-bond donors (Lipinski definition) is 1. The number of halogens is 3. The summed E-state index contributed by atoms with van der Waals surface area (Å²) in [4.78, 5) is 27.4. The van der Waals surface area contributed by atoms with E-state index in [1.54, 1.807) is 24.3 Å². The summed E-state index contributed by atoms with van der Waals surface area (Å²) in [6, 6.07) is 10.1. The molecule has 1 N–H and O–H groups in total. The monoisotopic (exact) mass is 468 g/mol. The minimum atomic E-state index is -0.722. The van der Waals surface area contributed by atoms with E-state index in [1.165, 1.54) is 23.1 Å². The van der Waals surface area contributed by atoms with Crippen molar-refractivity contribution in [3.05, 3.63) is 63.9 Å². The average Bonchev–Trinajstić information content (AvgIpc) is 2.75. The van der Waals surface area contributed by atoms with E-state index in [9.17, 15) is 14.0 Å². The molecule has 0 aliphatic rings. The van der Waals surface area contributed by atoms with Gasteiger partial charge in [0.2, 0.25) is 5.91 Å². The number of nitrogens with one attached hydrogen (secondary N) is 1. The molecule has 8 heteroatoms. The van der Waals surface area contributed by atoms with Crippen molar-refractivity contribution in [3.63, 3.8) is 0 Å². The van der Waals surface area contributed by atoms with Gasteiger partial charge in [-0.25, -0.2) is 4.39 Å². The quantitative estimate of drug-likeness (QED) is 0.518. The number of nitrogens with zero attached hydrogens (tertiary/aromatic N) is 1. The summed E-state index contributed by atoms with van der Waals surface area (Å²) in [5.74, 6) is -1.29. The number of para-hydroxylation sites is 1. The Morgan fingerprint density at radius 2 is 1.81 bits per heavy atom. The van der Waals surface area contributed by atoms with Gasteiger partial charge in [0.1, 0.15) is 6.04 Å². The predicted molar refractivity (Wildman–Crippen MR) is 121 cm³/mol. The third-order valence-corrected chi connectivity index (χ3v) is 5.65. The van der Waals surface area contributed by atoms with Gasteiger partial charge in [-0.1, -0.05) is 55.2 Å². The summed E-state index contributed by atoms with van der Waals surface area (Å²) in [6.07, 6.45) is 1.16. The van der Waals surface area contributed by atoms with Gasteiger partial charge in [-0.2, -0.15) is 0 Å². The summed E-state index contributed by atoms with van der Waals surface area (Å²) in [7, 11) is 0. The molecule has 0 saturated heterocycles.